The first-order chi connectivity index (χ1) is 13.7. The van der Waals surface area contributed by atoms with Gasteiger partial charge in [0.1, 0.15) is 5.65 Å². The van der Waals surface area contributed by atoms with Crippen molar-refractivity contribution in [2.75, 3.05) is 26.2 Å². The van der Waals surface area contributed by atoms with Crippen molar-refractivity contribution in [1.82, 2.24) is 19.2 Å². The molecule has 0 atom stereocenters. The van der Waals surface area contributed by atoms with Gasteiger partial charge in [-0.15, -0.1) is 0 Å². The number of carbonyl (C=O) groups excluding carboxylic acids is 1. The van der Waals surface area contributed by atoms with Crippen LogP contribution >= 0.6 is 0 Å². The zero-order chi connectivity index (χ0) is 18.7. The van der Waals surface area contributed by atoms with E-state index in [4.69, 9.17) is 4.98 Å². The highest BCUT2D eigenvalue weighted by Gasteiger charge is 2.51. The number of aromatic nitrogens is 2. The quantitative estimate of drug-likeness (QED) is 0.824. The molecule has 1 amide bonds. The van der Waals surface area contributed by atoms with Crippen molar-refractivity contribution >= 4 is 11.6 Å². The van der Waals surface area contributed by atoms with Crippen LogP contribution in [0.2, 0.25) is 0 Å². The van der Waals surface area contributed by atoms with E-state index in [0.717, 1.165) is 55.9 Å². The normalized spacial score (nSPS) is 35.0. The molecule has 0 radical (unpaired) electrons. The molecule has 0 unspecified atom stereocenters. The topological polar surface area (TPSA) is 40.9 Å². The van der Waals surface area contributed by atoms with Crippen molar-refractivity contribution in [3.05, 3.63) is 36.3 Å². The van der Waals surface area contributed by atoms with Gasteiger partial charge >= 0.3 is 0 Å². The predicted molar refractivity (Wildman–Crippen MR) is 108 cm³/mol. The Hall–Kier alpha value is -1.88. The lowest BCUT2D eigenvalue weighted by atomic mass is 9.51. The lowest BCUT2D eigenvalue weighted by molar-refractivity contribution is -0.150. The molecular formula is C23H30N4O. The van der Waals surface area contributed by atoms with Gasteiger partial charge in [0.25, 0.3) is 0 Å². The molecule has 1 saturated heterocycles. The minimum absolute atomic E-state index is 0.345. The standard InChI is InChI=1S/C23H30N4O/c28-23(22-18-10-16-9-17(12-18)13-19(22)11-16)26-7-5-25(6-8-26)14-20-15-27-4-2-1-3-21(27)24-20/h1-4,15-19,22H,5-14H2. The lowest BCUT2D eigenvalue weighted by Crippen LogP contribution is -2.55. The predicted octanol–water partition coefficient (Wildman–Crippen LogP) is 3.05. The maximum absolute atomic E-state index is 13.4. The van der Waals surface area contributed by atoms with E-state index in [-0.39, 0.29) is 0 Å². The van der Waals surface area contributed by atoms with Crippen LogP contribution in [-0.2, 0) is 11.3 Å². The van der Waals surface area contributed by atoms with Crippen LogP contribution in [0.15, 0.2) is 30.6 Å². The Bertz CT molecular complexity index is 821. The van der Waals surface area contributed by atoms with Gasteiger partial charge in [0.05, 0.1) is 5.69 Å². The first-order valence-corrected chi connectivity index (χ1v) is 11.2. The van der Waals surface area contributed by atoms with Crippen LogP contribution < -0.4 is 0 Å². The third-order valence-corrected chi connectivity index (χ3v) is 8.00. The number of hydrogen-bond acceptors (Lipinski definition) is 3. The molecule has 1 aliphatic heterocycles. The SMILES string of the molecule is O=C(C1C2CC3CC(C2)CC1C3)N1CCN(Cc2cn3ccccc3n2)CC1. The molecule has 3 heterocycles. The van der Waals surface area contributed by atoms with Crippen molar-refractivity contribution in [2.24, 2.45) is 29.6 Å². The number of pyridine rings is 1. The third-order valence-electron chi connectivity index (χ3n) is 8.00. The van der Waals surface area contributed by atoms with E-state index in [1.54, 1.807) is 0 Å². The Morgan fingerprint density at radius 3 is 2.36 bits per heavy atom. The number of carbonyl (C=O) groups is 1. The zero-order valence-corrected chi connectivity index (χ0v) is 16.5. The average molecular weight is 379 g/mol. The molecule has 5 heteroatoms. The fourth-order valence-corrected chi connectivity index (χ4v) is 6.96. The van der Waals surface area contributed by atoms with E-state index in [2.05, 4.69) is 20.4 Å². The second kappa shape index (κ2) is 6.58. The molecule has 5 aliphatic rings. The van der Waals surface area contributed by atoms with E-state index in [1.165, 1.54) is 32.1 Å². The molecule has 28 heavy (non-hydrogen) atoms. The Morgan fingerprint density at radius 2 is 1.68 bits per heavy atom. The number of piperazine rings is 1. The lowest BCUT2D eigenvalue weighted by Gasteiger charge is -2.54. The number of imidazole rings is 1. The van der Waals surface area contributed by atoms with Gasteiger partial charge in [0.2, 0.25) is 5.91 Å². The van der Waals surface area contributed by atoms with Gasteiger partial charge in [-0.05, 0) is 67.9 Å². The maximum atomic E-state index is 13.4. The number of amides is 1. The van der Waals surface area contributed by atoms with Crippen LogP contribution in [0, 0.1) is 29.6 Å². The van der Waals surface area contributed by atoms with Crippen molar-refractivity contribution in [1.29, 1.82) is 0 Å². The van der Waals surface area contributed by atoms with E-state index in [1.807, 2.05) is 24.4 Å². The van der Waals surface area contributed by atoms with Crippen molar-refractivity contribution < 1.29 is 4.79 Å². The molecule has 5 nitrogen and oxygen atoms in total. The summed E-state index contributed by atoms with van der Waals surface area (Å²) in [4.78, 5) is 22.7. The Kier molecular flexibility index (Phi) is 4.00. The van der Waals surface area contributed by atoms with E-state index in [0.29, 0.717) is 23.7 Å². The Labute approximate surface area is 166 Å². The maximum Gasteiger partial charge on any atom is 0.226 e. The zero-order valence-electron chi connectivity index (χ0n) is 16.5. The first kappa shape index (κ1) is 17.0. The van der Waals surface area contributed by atoms with Crippen molar-refractivity contribution in [3.8, 4) is 0 Å². The summed E-state index contributed by atoms with van der Waals surface area (Å²) >= 11 is 0. The van der Waals surface area contributed by atoms with Gasteiger partial charge < -0.3 is 9.30 Å². The molecule has 0 aromatic carbocycles. The molecule has 0 N–H and O–H groups in total. The van der Waals surface area contributed by atoms with Crippen LogP contribution in [0.4, 0.5) is 0 Å². The largest absolute Gasteiger partial charge is 0.340 e. The minimum Gasteiger partial charge on any atom is -0.340 e. The summed E-state index contributed by atoms with van der Waals surface area (Å²) in [5.41, 5.74) is 2.13. The molecule has 4 saturated carbocycles. The summed E-state index contributed by atoms with van der Waals surface area (Å²) in [6, 6.07) is 6.11. The van der Waals surface area contributed by atoms with Gasteiger partial charge in [-0.3, -0.25) is 9.69 Å². The fourth-order valence-electron chi connectivity index (χ4n) is 6.96. The summed E-state index contributed by atoms with van der Waals surface area (Å²) in [5.74, 6) is 4.10. The minimum atomic E-state index is 0.345. The molecule has 4 bridgehead atoms. The smallest absolute Gasteiger partial charge is 0.226 e. The van der Waals surface area contributed by atoms with Gasteiger partial charge in [-0.25, -0.2) is 4.98 Å². The second-order valence-electron chi connectivity index (χ2n) is 9.76. The highest BCUT2D eigenvalue weighted by atomic mass is 16.2. The van der Waals surface area contributed by atoms with Gasteiger partial charge in [-0.2, -0.15) is 0 Å². The monoisotopic (exact) mass is 378 g/mol. The molecule has 4 aliphatic carbocycles. The summed E-state index contributed by atoms with van der Waals surface area (Å²) in [6.45, 7) is 4.57. The molecule has 5 fully saturated rings. The Balaban J connectivity index is 1.08. The molecule has 2 aromatic rings. The van der Waals surface area contributed by atoms with Gasteiger partial charge in [0, 0.05) is 51.0 Å². The molecule has 7 rings (SSSR count). The van der Waals surface area contributed by atoms with Crippen LogP contribution in [-0.4, -0.2) is 51.3 Å². The second-order valence-corrected chi connectivity index (χ2v) is 9.76. The summed E-state index contributed by atoms with van der Waals surface area (Å²) in [6.07, 6.45) is 11.0. The molecule has 2 aromatic heterocycles. The first-order valence-electron chi connectivity index (χ1n) is 11.2. The van der Waals surface area contributed by atoms with E-state index >= 15 is 0 Å². The molecular weight excluding hydrogens is 348 g/mol. The summed E-state index contributed by atoms with van der Waals surface area (Å²) in [7, 11) is 0. The highest BCUT2D eigenvalue weighted by molar-refractivity contribution is 5.80. The van der Waals surface area contributed by atoms with Gasteiger partial charge in [0.15, 0.2) is 0 Å². The van der Waals surface area contributed by atoms with Crippen molar-refractivity contribution in [3.63, 3.8) is 0 Å². The highest BCUT2D eigenvalue weighted by Crippen LogP contribution is 2.56. The van der Waals surface area contributed by atoms with Gasteiger partial charge in [-0.1, -0.05) is 6.07 Å². The third kappa shape index (κ3) is 2.86. The van der Waals surface area contributed by atoms with Crippen LogP contribution in [0.1, 0.15) is 37.8 Å². The average Bonchev–Trinajstić information content (AvgIpc) is 3.10. The summed E-state index contributed by atoms with van der Waals surface area (Å²) in [5, 5.41) is 0. The van der Waals surface area contributed by atoms with Crippen LogP contribution in [0.3, 0.4) is 0 Å². The van der Waals surface area contributed by atoms with E-state index in [9.17, 15) is 4.79 Å². The number of hydrogen-bond donors (Lipinski definition) is 0. The molecule has 0 spiro atoms. The van der Waals surface area contributed by atoms with Crippen molar-refractivity contribution in [2.45, 2.75) is 38.6 Å². The van der Waals surface area contributed by atoms with E-state index < -0.39 is 0 Å². The number of nitrogens with zero attached hydrogens (tertiary/aromatic N) is 4. The van der Waals surface area contributed by atoms with Crippen LogP contribution in [0.5, 0.6) is 0 Å². The number of rotatable bonds is 3. The number of fused-ring (bicyclic) bond motifs is 1. The molecule has 148 valence electrons. The summed E-state index contributed by atoms with van der Waals surface area (Å²) < 4.78 is 2.08. The fraction of sp³-hybridized carbons (Fsp3) is 0.652. The van der Waals surface area contributed by atoms with Crippen LogP contribution in [0.25, 0.3) is 5.65 Å². The Morgan fingerprint density at radius 1 is 0.964 bits per heavy atom.